The molecular weight excluding hydrogens is 567 g/mol. The molecule has 0 aliphatic heterocycles. The third-order valence-corrected chi connectivity index (χ3v) is 16.6. The molecule has 8 heteroatoms. The Balaban J connectivity index is 0. The molecule has 0 aromatic heterocycles. The van der Waals surface area contributed by atoms with Crippen molar-refractivity contribution in [2.24, 2.45) is 0 Å². The molecule has 0 aliphatic carbocycles. The van der Waals surface area contributed by atoms with E-state index < -0.39 is 32.9 Å². The number of hydrogen-bond donors (Lipinski definition) is 0. The maximum atomic E-state index is 4.82. The van der Waals surface area contributed by atoms with Crippen molar-refractivity contribution in [1.82, 2.24) is 0 Å². The Bertz CT molecular complexity index is 440. The summed E-state index contributed by atoms with van der Waals surface area (Å²) >= 11 is 3.35. The zero-order valence-corrected chi connectivity index (χ0v) is 28.3. The van der Waals surface area contributed by atoms with Crippen molar-refractivity contribution in [2.45, 2.75) is 83.0 Å². The average Bonchev–Trinajstić information content (AvgIpc) is 2.32. The molecule has 0 bridgehead atoms. The standard InChI is InChI=1S/C7H7.2C6H18NSi2.BrH.Sn/c1-7-5-3-2-4-6-7;2*1-8(2,3)7-9(4,5)6;;/h2-6H,1H2;2*1-6H3;1H;/q;2*-1;;+3/p-1. The van der Waals surface area contributed by atoms with Crippen molar-refractivity contribution in [3.63, 3.8) is 0 Å². The van der Waals surface area contributed by atoms with Crippen LogP contribution in [0.4, 0.5) is 0 Å². The van der Waals surface area contributed by atoms with E-state index in [1.54, 1.807) is 0 Å². The van der Waals surface area contributed by atoms with Crippen LogP contribution in [0, 0.1) is 0 Å². The summed E-state index contributed by atoms with van der Waals surface area (Å²) in [6.45, 7) is 27.6. The molecule has 0 radical (unpaired) electrons. The maximum absolute atomic E-state index is 4.82. The van der Waals surface area contributed by atoms with E-state index in [0.29, 0.717) is 0 Å². The van der Waals surface area contributed by atoms with Crippen LogP contribution in [-0.2, 0) is 4.44 Å². The van der Waals surface area contributed by atoms with E-state index in [1.807, 2.05) is 0 Å². The molecule has 0 atom stereocenters. The average molecular weight is 611 g/mol. The van der Waals surface area contributed by atoms with Gasteiger partial charge in [0.1, 0.15) is 0 Å². The molecule has 0 spiro atoms. The summed E-state index contributed by atoms with van der Waals surface area (Å²) in [6, 6.07) is 10.6. The minimum absolute atomic E-state index is 0.201. The quantitative estimate of drug-likeness (QED) is 0.290. The molecule has 1 rings (SSSR count). The SMILES string of the molecule is C[Si](C)(C)[N-][Si](C)(C)C.C[Si](C)(C)[N-][Si](C)(C)C.[Br][Sn+2][CH2]c1ccccc1. The van der Waals surface area contributed by atoms with Crippen LogP contribution < -0.4 is 0 Å². The second-order valence-corrected chi connectivity index (χ2v) is 35.4. The van der Waals surface area contributed by atoms with Crippen LogP contribution in [0.3, 0.4) is 0 Å². The van der Waals surface area contributed by atoms with Crippen LogP contribution in [0.15, 0.2) is 30.3 Å². The summed E-state index contributed by atoms with van der Waals surface area (Å²) in [5, 5.41) is 0. The van der Waals surface area contributed by atoms with E-state index >= 15 is 0 Å². The normalized spacial score (nSPS) is 12.2. The van der Waals surface area contributed by atoms with E-state index in [-0.39, 0.29) is 18.9 Å². The van der Waals surface area contributed by atoms with Crippen molar-refractivity contribution in [3.8, 4) is 0 Å². The molecule has 0 unspecified atom stereocenters. The first-order valence-corrected chi connectivity index (χ1v) is 31.9. The van der Waals surface area contributed by atoms with Crippen LogP contribution in [-0.4, -0.2) is 51.9 Å². The Labute approximate surface area is 191 Å². The van der Waals surface area contributed by atoms with Gasteiger partial charge in [-0.25, -0.2) is 0 Å². The monoisotopic (exact) mass is 610 g/mol. The predicted molar refractivity (Wildman–Crippen MR) is 145 cm³/mol. The van der Waals surface area contributed by atoms with E-state index in [2.05, 4.69) is 122 Å². The van der Waals surface area contributed by atoms with Gasteiger partial charge in [-0.15, -0.1) is 0 Å². The number of benzene rings is 1. The van der Waals surface area contributed by atoms with Crippen molar-refractivity contribution in [2.75, 3.05) is 0 Å². The number of nitrogens with zero attached hydrogens (tertiary/aromatic N) is 2. The van der Waals surface area contributed by atoms with Crippen molar-refractivity contribution in [1.29, 1.82) is 0 Å². The van der Waals surface area contributed by atoms with Gasteiger partial charge in [-0.05, 0) is 0 Å². The van der Waals surface area contributed by atoms with Crippen molar-refractivity contribution < 1.29 is 0 Å². The first-order valence-electron chi connectivity index (χ1n) is 9.70. The van der Waals surface area contributed by atoms with Gasteiger partial charge in [0, 0.05) is 0 Å². The van der Waals surface area contributed by atoms with E-state index in [4.69, 9.17) is 9.30 Å². The van der Waals surface area contributed by atoms with Gasteiger partial charge in [0.15, 0.2) is 0 Å². The second-order valence-electron chi connectivity index (χ2n) is 10.7. The zero-order valence-electron chi connectivity index (χ0n) is 19.9. The topological polar surface area (TPSA) is 28.2 Å². The van der Waals surface area contributed by atoms with Gasteiger partial charge < -0.3 is 9.30 Å². The number of rotatable bonds is 6. The number of halogens is 1. The Morgan fingerprint density at radius 3 is 1.11 bits per heavy atom. The fourth-order valence-electron chi connectivity index (χ4n) is 2.69. The summed E-state index contributed by atoms with van der Waals surface area (Å²) in [5.74, 6) is 0. The molecule has 0 heterocycles. The Hall–Kier alpha value is 1.29. The summed E-state index contributed by atoms with van der Waals surface area (Å²) in [7, 11) is -4.42. The molecule has 2 nitrogen and oxygen atoms in total. The van der Waals surface area contributed by atoms with Crippen LogP contribution in [0.1, 0.15) is 5.56 Å². The van der Waals surface area contributed by atoms with E-state index in [0.717, 1.165) is 0 Å². The van der Waals surface area contributed by atoms with Crippen molar-refractivity contribution in [3.05, 3.63) is 45.2 Å². The fourth-order valence-corrected chi connectivity index (χ4v) is 22.1. The van der Waals surface area contributed by atoms with Gasteiger partial charge in [-0.3, -0.25) is 0 Å². The van der Waals surface area contributed by atoms with Crippen molar-refractivity contribution >= 4 is 64.6 Å². The molecule has 1 aromatic carbocycles. The molecule has 0 amide bonds. The summed E-state index contributed by atoms with van der Waals surface area (Å²) in [4.78, 5) is 0. The molecule has 0 saturated heterocycles. The van der Waals surface area contributed by atoms with Gasteiger partial charge in [-0.2, -0.15) is 0 Å². The first-order chi connectivity index (χ1) is 11.8. The summed E-state index contributed by atoms with van der Waals surface area (Å²) < 4.78 is 10.9. The van der Waals surface area contributed by atoms with Crippen LogP contribution in [0.25, 0.3) is 9.30 Å². The Morgan fingerprint density at radius 1 is 0.630 bits per heavy atom. The van der Waals surface area contributed by atoms with E-state index in [9.17, 15) is 0 Å². The van der Waals surface area contributed by atoms with Crippen LogP contribution >= 0.6 is 12.7 Å². The Morgan fingerprint density at radius 2 is 0.926 bits per heavy atom. The molecule has 0 saturated carbocycles. The fraction of sp³-hybridized carbons (Fsp3) is 0.684. The summed E-state index contributed by atoms with van der Waals surface area (Å²) in [6.07, 6.45) is 0. The third-order valence-electron chi connectivity index (χ3n) is 2.46. The van der Waals surface area contributed by atoms with Crippen LogP contribution in [0.5, 0.6) is 0 Å². The van der Waals surface area contributed by atoms with Gasteiger partial charge in [0.2, 0.25) is 0 Å². The first kappa shape index (κ1) is 30.5. The molecule has 1 aromatic rings. The third kappa shape index (κ3) is 29.6. The molecular formula is C19H43BrN2Si4Sn. The van der Waals surface area contributed by atoms with Gasteiger partial charge in [0.25, 0.3) is 0 Å². The zero-order chi connectivity index (χ0) is 21.9. The molecule has 0 aliphatic rings. The molecule has 156 valence electrons. The molecule has 0 N–H and O–H groups in total. The summed E-state index contributed by atoms with van der Waals surface area (Å²) in [5.41, 5.74) is 1.47. The van der Waals surface area contributed by atoms with E-state index in [1.165, 1.54) is 10.0 Å². The Kier molecular flexibility index (Phi) is 15.3. The minimum atomic E-state index is -1.11. The predicted octanol–water partition coefficient (Wildman–Crippen LogP) is 8.26. The van der Waals surface area contributed by atoms with Gasteiger partial charge >= 0.3 is 72.0 Å². The van der Waals surface area contributed by atoms with Gasteiger partial charge in [0.05, 0.1) is 0 Å². The molecule has 27 heavy (non-hydrogen) atoms. The van der Waals surface area contributed by atoms with Crippen LogP contribution in [0.2, 0.25) is 78.6 Å². The molecule has 0 fully saturated rings. The van der Waals surface area contributed by atoms with Gasteiger partial charge in [-0.1, -0.05) is 112 Å². The second kappa shape index (κ2) is 13.6. The number of hydrogen-bond acceptors (Lipinski definition) is 0.